The first kappa shape index (κ1) is 22.7. The van der Waals surface area contributed by atoms with E-state index in [4.69, 9.17) is 14.2 Å². The normalized spacial score (nSPS) is 11.1. The first-order valence-corrected chi connectivity index (χ1v) is 9.05. The average Bonchev–Trinajstić information content (AvgIpc) is 2.67. The Kier molecular flexibility index (Phi) is 8.03. The van der Waals surface area contributed by atoms with Gasteiger partial charge in [-0.15, -0.1) is 0 Å². The minimum Gasteiger partial charge on any atom is -0.489 e. The van der Waals surface area contributed by atoms with Crippen LogP contribution in [0.1, 0.15) is 15.9 Å². The number of hydrogen-bond acceptors (Lipinski definition) is 5. The van der Waals surface area contributed by atoms with Gasteiger partial charge in [0, 0.05) is 11.6 Å². The molecule has 2 rings (SSSR count). The third-order valence-electron chi connectivity index (χ3n) is 3.54. The summed E-state index contributed by atoms with van der Waals surface area (Å²) in [4.78, 5) is 24.0. The summed E-state index contributed by atoms with van der Waals surface area (Å²) >= 11 is 3.23. The van der Waals surface area contributed by atoms with Crippen LogP contribution in [0.3, 0.4) is 0 Å². The molecule has 29 heavy (non-hydrogen) atoms. The number of benzene rings is 2. The average molecular weight is 476 g/mol. The van der Waals surface area contributed by atoms with Gasteiger partial charge in [-0.2, -0.15) is 13.2 Å². The summed E-state index contributed by atoms with van der Waals surface area (Å²) in [5.74, 6) is -1.53. The maximum Gasteiger partial charge on any atom is 0.416 e. The summed E-state index contributed by atoms with van der Waals surface area (Å²) < 4.78 is 54.7. The summed E-state index contributed by atoms with van der Waals surface area (Å²) in [6.07, 6.45) is -4.60. The number of hydrogen-bond donors (Lipinski definition) is 1. The Morgan fingerprint density at radius 1 is 1.07 bits per heavy atom. The van der Waals surface area contributed by atoms with Crippen molar-refractivity contribution in [3.8, 4) is 5.75 Å². The minimum atomic E-state index is -4.60. The lowest BCUT2D eigenvalue weighted by Crippen LogP contribution is -2.22. The molecule has 2 aromatic carbocycles. The SMILES string of the molecule is COCCOc1ccc(C(F)(F)F)cc1NC(=O)COC(=O)c1ccc(Br)cc1. The van der Waals surface area contributed by atoms with Crippen molar-refractivity contribution in [2.45, 2.75) is 6.18 Å². The van der Waals surface area contributed by atoms with Crippen molar-refractivity contribution in [2.24, 2.45) is 0 Å². The Morgan fingerprint density at radius 2 is 1.76 bits per heavy atom. The van der Waals surface area contributed by atoms with Crippen molar-refractivity contribution in [3.05, 3.63) is 58.1 Å². The molecule has 0 fully saturated rings. The highest BCUT2D eigenvalue weighted by atomic mass is 79.9. The van der Waals surface area contributed by atoms with Gasteiger partial charge in [0.1, 0.15) is 12.4 Å². The zero-order valence-corrected chi connectivity index (χ0v) is 16.8. The molecule has 0 unspecified atom stereocenters. The summed E-state index contributed by atoms with van der Waals surface area (Å²) in [6.45, 7) is -0.398. The van der Waals surface area contributed by atoms with Crippen molar-refractivity contribution in [2.75, 3.05) is 32.2 Å². The van der Waals surface area contributed by atoms with Crippen LogP contribution in [0.5, 0.6) is 5.75 Å². The zero-order chi connectivity index (χ0) is 21.4. The van der Waals surface area contributed by atoms with Crippen LogP contribution < -0.4 is 10.1 Å². The number of anilines is 1. The number of ether oxygens (including phenoxy) is 3. The monoisotopic (exact) mass is 475 g/mol. The smallest absolute Gasteiger partial charge is 0.416 e. The van der Waals surface area contributed by atoms with Crippen molar-refractivity contribution >= 4 is 33.5 Å². The zero-order valence-electron chi connectivity index (χ0n) is 15.2. The molecule has 0 saturated heterocycles. The lowest BCUT2D eigenvalue weighted by Gasteiger charge is -2.15. The molecule has 0 aliphatic carbocycles. The van der Waals surface area contributed by atoms with Gasteiger partial charge in [-0.05, 0) is 42.5 Å². The van der Waals surface area contributed by atoms with Crippen molar-refractivity contribution < 1.29 is 37.0 Å². The molecular weight excluding hydrogens is 459 g/mol. The standard InChI is InChI=1S/C19H17BrF3NO5/c1-27-8-9-28-16-7-4-13(19(21,22)23)10-15(16)24-17(25)11-29-18(26)12-2-5-14(20)6-3-12/h2-7,10H,8-9,11H2,1H3,(H,24,25). The maximum atomic E-state index is 13.0. The Balaban J connectivity index is 2.06. The topological polar surface area (TPSA) is 73.9 Å². The molecule has 2 aromatic rings. The van der Waals surface area contributed by atoms with Crippen molar-refractivity contribution in [3.63, 3.8) is 0 Å². The predicted molar refractivity (Wildman–Crippen MR) is 102 cm³/mol. The third kappa shape index (κ3) is 7.06. The number of alkyl halides is 3. The number of esters is 1. The van der Waals surface area contributed by atoms with Crippen LogP contribution in [0.4, 0.5) is 18.9 Å². The molecule has 1 amide bonds. The van der Waals surface area contributed by atoms with Crippen molar-refractivity contribution in [1.29, 1.82) is 0 Å². The molecule has 156 valence electrons. The van der Waals surface area contributed by atoms with Crippen LogP contribution in [0, 0.1) is 0 Å². The molecule has 0 radical (unpaired) electrons. The molecule has 0 atom stereocenters. The summed E-state index contributed by atoms with van der Waals surface area (Å²) in [6, 6.07) is 8.94. The molecule has 0 spiro atoms. The molecule has 10 heteroatoms. The van der Waals surface area contributed by atoms with Crippen LogP contribution in [0.25, 0.3) is 0 Å². The molecule has 6 nitrogen and oxygen atoms in total. The highest BCUT2D eigenvalue weighted by Gasteiger charge is 2.31. The van der Waals surface area contributed by atoms with E-state index in [0.29, 0.717) is 0 Å². The summed E-state index contributed by atoms with van der Waals surface area (Å²) in [5.41, 5.74) is -0.928. The number of rotatable bonds is 8. The second-order valence-corrected chi connectivity index (χ2v) is 6.60. The van der Waals surface area contributed by atoms with Crippen LogP contribution in [-0.4, -0.2) is 38.8 Å². The second kappa shape index (κ2) is 10.3. The Morgan fingerprint density at radius 3 is 2.38 bits per heavy atom. The summed E-state index contributed by atoms with van der Waals surface area (Å²) in [7, 11) is 1.44. The number of carbonyl (C=O) groups excluding carboxylic acids is 2. The van der Waals surface area contributed by atoms with Gasteiger partial charge in [0.05, 0.1) is 23.4 Å². The van der Waals surface area contributed by atoms with Crippen molar-refractivity contribution in [1.82, 2.24) is 0 Å². The third-order valence-corrected chi connectivity index (χ3v) is 4.07. The van der Waals surface area contributed by atoms with Gasteiger partial charge in [-0.25, -0.2) is 4.79 Å². The predicted octanol–water partition coefficient (Wildman–Crippen LogP) is 4.29. The van der Waals surface area contributed by atoms with E-state index in [2.05, 4.69) is 21.2 Å². The first-order chi connectivity index (χ1) is 13.7. The number of amides is 1. The number of nitrogens with one attached hydrogen (secondary N) is 1. The molecule has 0 saturated carbocycles. The van der Waals surface area contributed by atoms with Gasteiger partial charge < -0.3 is 19.5 Å². The number of halogens is 4. The second-order valence-electron chi connectivity index (χ2n) is 5.68. The van der Waals surface area contributed by atoms with Gasteiger partial charge in [0.15, 0.2) is 6.61 Å². The first-order valence-electron chi connectivity index (χ1n) is 8.26. The Bertz CT molecular complexity index is 856. The lowest BCUT2D eigenvalue weighted by molar-refractivity contribution is -0.137. The fourth-order valence-corrected chi connectivity index (χ4v) is 2.42. The molecule has 0 aliphatic rings. The van der Waals surface area contributed by atoms with Gasteiger partial charge in [0.2, 0.25) is 0 Å². The van der Waals surface area contributed by atoms with E-state index < -0.39 is 30.2 Å². The van der Waals surface area contributed by atoms with E-state index in [0.717, 1.165) is 22.7 Å². The molecular formula is C19H17BrF3NO5. The number of carbonyl (C=O) groups is 2. The van der Waals surface area contributed by atoms with E-state index in [1.807, 2.05) is 0 Å². The van der Waals surface area contributed by atoms with Crippen LogP contribution >= 0.6 is 15.9 Å². The van der Waals surface area contributed by atoms with Crippen LogP contribution in [-0.2, 0) is 20.4 Å². The van der Waals surface area contributed by atoms with E-state index >= 15 is 0 Å². The van der Waals surface area contributed by atoms with Gasteiger partial charge >= 0.3 is 12.1 Å². The minimum absolute atomic E-state index is 0.0302. The largest absolute Gasteiger partial charge is 0.489 e. The van der Waals surface area contributed by atoms with E-state index in [1.165, 1.54) is 19.2 Å². The maximum absolute atomic E-state index is 13.0. The van der Waals surface area contributed by atoms with Gasteiger partial charge in [0.25, 0.3) is 5.91 Å². The molecule has 0 heterocycles. The lowest BCUT2D eigenvalue weighted by atomic mass is 10.1. The Labute approximate surface area is 173 Å². The quantitative estimate of drug-likeness (QED) is 0.455. The molecule has 1 N–H and O–H groups in total. The van der Waals surface area contributed by atoms with E-state index in [9.17, 15) is 22.8 Å². The van der Waals surface area contributed by atoms with Gasteiger partial charge in [-0.1, -0.05) is 15.9 Å². The highest BCUT2D eigenvalue weighted by molar-refractivity contribution is 9.10. The van der Waals surface area contributed by atoms with Gasteiger partial charge in [-0.3, -0.25) is 4.79 Å². The van der Waals surface area contributed by atoms with Crippen LogP contribution in [0.2, 0.25) is 0 Å². The Hall–Kier alpha value is -2.59. The molecule has 0 bridgehead atoms. The van der Waals surface area contributed by atoms with Crippen LogP contribution in [0.15, 0.2) is 46.9 Å². The highest BCUT2D eigenvalue weighted by Crippen LogP contribution is 2.35. The molecule has 0 aliphatic heterocycles. The van der Waals surface area contributed by atoms with E-state index in [1.54, 1.807) is 12.1 Å². The molecule has 0 aromatic heterocycles. The summed E-state index contributed by atoms with van der Waals surface area (Å²) in [5, 5.41) is 2.28. The number of methoxy groups -OCH3 is 1. The fourth-order valence-electron chi connectivity index (χ4n) is 2.15. The fraction of sp³-hybridized carbons (Fsp3) is 0.263. The van der Waals surface area contributed by atoms with E-state index in [-0.39, 0.29) is 30.2 Å².